The Kier molecular flexibility index (Phi) is 3.14. The van der Waals surface area contributed by atoms with E-state index >= 15 is 0 Å². The first-order valence-electron chi connectivity index (χ1n) is 4.94. The molecule has 0 aliphatic heterocycles. The summed E-state index contributed by atoms with van der Waals surface area (Å²) in [5.41, 5.74) is 9.76. The molecule has 0 fully saturated rings. The molecule has 0 amide bonds. The van der Waals surface area contributed by atoms with Crippen LogP contribution in [0.25, 0.3) is 0 Å². The average molecular weight is 281 g/mol. The van der Waals surface area contributed by atoms with Gasteiger partial charge in [-0.25, -0.2) is 0 Å². The van der Waals surface area contributed by atoms with Gasteiger partial charge in [0.15, 0.2) is 0 Å². The quantitative estimate of drug-likeness (QED) is 0.758. The number of nitrogens with two attached hydrogens (primary N) is 1. The molecule has 4 N–H and O–H groups in total. The molecule has 4 nitrogen and oxygen atoms in total. The molecular formula is C11H13BrN4. The minimum Gasteiger partial charge on any atom is -0.397 e. The second-order valence-electron chi connectivity index (χ2n) is 3.61. The van der Waals surface area contributed by atoms with Crippen LogP contribution >= 0.6 is 15.9 Å². The Bertz CT molecular complexity index is 492. The number of aryl methyl sites for hydroxylation is 1. The SMILES string of the molecule is Cc1[nH]ncc1CNc1ccc(Br)cc1N. The van der Waals surface area contributed by atoms with Crippen molar-refractivity contribution in [2.75, 3.05) is 11.1 Å². The number of hydrogen-bond donors (Lipinski definition) is 3. The van der Waals surface area contributed by atoms with Crippen LogP contribution in [-0.2, 0) is 6.54 Å². The van der Waals surface area contributed by atoms with Crippen molar-refractivity contribution < 1.29 is 0 Å². The van der Waals surface area contributed by atoms with Gasteiger partial charge in [-0.2, -0.15) is 5.10 Å². The van der Waals surface area contributed by atoms with E-state index in [4.69, 9.17) is 5.73 Å². The summed E-state index contributed by atoms with van der Waals surface area (Å²) in [6, 6.07) is 5.79. The number of rotatable bonds is 3. The van der Waals surface area contributed by atoms with Gasteiger partial charge in [-0.1, -0.05) is 15.9 Å². The Morgan fingerprint density at radius 2 is 2.31 bits per heavy atom. The van der Waals surface area contributed by atoms with Gasteiger partial charge in [-0.3, -0.25) is 5.10 Å². The van der Waals surface area contributed by atoms with E-state index in [0.717, 1.165) is 27.1 Å². The fourth-order valence-electron chi connectivity index (χ4n) is 1.44. The summed E-state index contributed by atoms with van der Waals surface area (Å²) in [7, 11) is 0. The number of aromatic amines is 1. The normalized spacial score (nSPS) is 10.4. The van der Waals surface area contributed by atoms with Crippen molar-refractivity contribution in [3.8, 4) is 0 Å². The number of H-pyrrole nitrogens is 1. The molecule has 0 aliphatic carbocycles. The summed E-state index contributed by atoms with van der Waals surface area (Å²) < 4.78 is 0.982. The molecule has 0 saturated heterocycles. The van der Waals surface area contributed by atoms with Gasteiger partial charge in [0.05, 0.1) is 17.6 Å². The highest BCUT2D eigenvalue weighted by molar-refractivity contribution is 9.10. The lowest BCUT2D eigenvalue weighted by Gasteiger charge is -2.08. The van der Waals surface area contributed by atoms with Crippen LogP contribution in [0.4, 0.5) is 11.4 Å². The molecule has 1 aromatic carbocycles. The Morgan fingerprint density at radius 3 is 2.94 bits per heavy atom. The molecule has 84 valence electrons. The molecule has 0 spiro atoms. The zero-order chi connectivity index (χ0) is 11.5. The number of hydrogen-bond acceptors (Lipinski definition) is 3. The van der Waals surface area contributed by atoms with Crippen LogP contribution in [-0.4, -0.2) is 10.2 Å². The third-order valence-electron chi connectivity index (χ3n) is 2.42. The standard InChI is InChI=1S/C11H13BrN4/c1-7-8(6-15-16-7)5-14-11-3-2-9(12)4-10(11)13/h2-4,6,14H,5,13H2,1H3,(H,15,16). The second kappa shape index (κ2) is 4.57. The molecular weight excluding hydrogens is 268 g/mol. The van der Waals surface area contributed by atoms with E-state index in [1.807, 2.05) is 31.3 Å². The number of nitrogens with one attached hydrogen (secondary N) is 2. The number of nitrogens with zero attached hydrogens (tertiary/aromatic N) is 1. The van der Waals surface area contributed by atoms with Crippen LogP contribution in [0.15, 0.2) is 28.9 Å². The lowest BCUT2D eigenvalue weighted by molar-refractivity contribution is 1.04. The Morgan fingerprint density at radius 1 is 1.50 bits per heavy atom. The summed E-state index contributed by atoms with van der Waals surface area (Å²) in [5, 5.41) is 10.1. The van der Waals surface area contributed by atoms with Gasteiger partial charge in [-0.15, -0.1) is 0 Å². The molecule has 1 heterocycles. The van der Waals surface area contributed by atoms with Gasteiger partial charge in [0.25, 0.3) is 0 Å². The van der Waals surface area contributed by atoms with Crippen LogP contribution in [0, 0.1) is 6.92 Å². The monoisotopic (exact) mass is 280 g/mol. The van der Waals surface area contributed by atoms with Gasteiger partial charge in [-0.05, 0) is 25.1 Å². The van der Waals surface area contributed by atoms with Crippen LogP contribution in [0.3, 0.4) is 0 Å². The Hall–Kier alpha value is -1.49. The fraction of sp³-hybridized carbons (Fsp3) is 0.182. The maximum Gasteiger partial charge on any atom is 0.0577 e. The van der Waals surface area contributed by atoms with Crippen molar-refractivity contribution in [2.45, 2.75) is 13.5 Å². The van der Waals surface area contributed by atoms with Crippen molar-refractivity contribution in [2.24, 2.45) is 0 Å². The number of halogens is 1. The van der Waals surface area contributed by atoms with Gasteiger partial charge >= 0.3 is 0 Å². The number of anilines is 2. The molecule has 1 aromatic heterocycles. The van der Waals surface area contributed by atoms with E-state index in [9.17, 15) is 0 Å². The first-order valence-corrected chi connectivity index (χ1v) is 5.74. The van der Waals surface area contributed by atoms with Crippen molar-refractivity contribution in [1.82, 2.24) is 10.2 Å². The number of nitrogen functional groups attached to an aromatic ring is 1. The molecule has 0 aliphatic rings. The number of benzene rings is 1. The highest BCUT2D eigenvalue weighted by atomic mass is 79.9. The molecule has 0 unspecified atom stereocenters. The lowest BCUT2D eigenvalue weighted by Crippen LogP contribution is -2.02. The Balaban J connectivity index is 2.08. The Labute approximate surface area is 102 Å². The van der Waals surface area contributed by atoms with E-state index < -0.39 is 0 Å². The minimum atomic E-state index is 0.716. The summed E-state index contributed by atoms with van der Waals surface area (Å²) in [5.74, 6) is 0. The predicted molar refractivity (Wildman–Crippen MR) is 69.2 cm³/mol. The van der Waals surface area contributed by atoms with Gasteiger partial charge in [0.1, 0.15) is 0 Å². The molecule has 0 saturated carbocycles. The summed E-state index contributed by atoms with van der Waals surface area (Å²) in [6.45, 7) is 2.71. The molecule has 0 radical (unpaired) electrons. The third-order valence-corrected chi connectivity index (χ3v) is 2.91. The molecule has 0 bridgehead atoms. The second-order valence-corrected chi connectivity index (χ2v) is 4.52. The van der Waals surface area contributed by atoms with Crippen LogP contribution < -0.4 is 11.1 Å². The maximum absolute atomic E-state index is 5.88. The molecule has 5 heteroatoms. The van der Waals surface area contributed by atoms with Gasteiger partial charge < -0.3 is 11.1 Å². The van der Waals surface area contributed by atoms with Gasteiger partial charge in [0, 0.05) is 22.3 Å². The van der Waals surface area contributed by atoms with Crippen LogP contribution in [0.1, 0.15) is 11.3 Å². The molecule has 16 heavy (non-hydrogen) atoms. The fourth-order valence-corrected chi connectivity index (χ4v) is 1.82. The van der Waals surface area contributed by atoms with E-state index in [0.29, 0.717) is 6.54 Å². The first kappa shape index (κ1) is 11.0. The van der Waals surface area contributed by atoms with E-state index in [2.05, 4.69) is 31.4 Å². The number of aromatic nitrogens is 2. The van der Waals surface area contributed by atoms with Crippen LogP contribution in [0.2, 0.25) is 0 Å². The van der Waals surface area contributed by atoms with E-state index in [1.54, 1.807) is 0 Å². The van der Waals surface area contributed by atoms with Crippen molar-refractivity contribution in [3.05, 3.63) is 40.1 Å². The minimum absolute atomic E-state index is 0.716. The molecule has 0 atom stereocenters. The van der Waals surface area contributed by atoms with Crippen molar-refractivity contribution in [3.63, 3.8) is 0 Å². The average Bonchev–Trinajstić information content (AvgIpc) is 2.63. The summed E-state index contributed by atoms with van der Waals surface area (Å²) >= 11 is 3.37. The van der Waals surface area contributed by atoms with E-state index in [1.165, 1.54) is 0 Å². The third kappa shape index (κ3) is 2.36. The smallest absolute Gasteiger partial charge is 0.0577 e. The zero-order valence-electron chi connectivity index (χ0n) is 8.92. The predicted octanol–water partition coefficient (Wildman–Crippen LogP) is 2.67. The van der Waals surface area contributed by atoms with Crippen LogP contribution in [0.5, 0.6) is 0 Å². The maximum atomic E-state index is 5.88. The summed E-state index contributed by atoms with van der Waals surface area (Å²) in [4.78, 5) is 0. The molecule has 2 aromatic rings. The highest BCUT2D eigenvalue weighted by Gasteiger charge is 2.02. The molecule has 2 rings (SSSR count). The van der Waals surface area contributed by atoms with Crippen molar-refractivity contribution >= 4 is 27.3 Å². The van der Waals surface area contributed by atoms with Crippen molar-refractivity contribution in [1.29, 1.82) is 0 Å². The zero-order valence-corrected chi connectivity index (χ0v) is 10.5. The first-order chi connectivity index (χ1) is 7.66. The highest BCUT2D eigenvalue weighted by Crippen LogP contribution is 2.23. The topological polar surface area (TPSA) is 66.7 Å². The van der Waals surface area contributed by atoms with Gasteiger partial charge in [0.2, 0.25) is 0 Å². The summed E-state index contributed by atoms with van der Waals surface area (Å²) in [6.07, 6.45) is 1.82. The van der Waals surface area contributed by atoms with E-state index in [-0.39, 0.29) is 0 Å². The lowest BCUT2D eigenvalue weighted by atomic mass is 10.2. The largest absolute Gasteiger partial charge is 0.397 e.